The van der Waals surface area contributed by atoms with Crippen LogP contribution in [0.4, 0.5) is 4.39 Å². The molecule has 1 saturated carbocycles. The van der Waals surface area contributed by atoms with Gasteiger partial charge in [-0.3, -0.25) is 0 Å². The Kier molecular flexibility index (Phi) is 4.97. The van der Waals surface area contributed by atoms with Gasteiger partial charge in [0.1, 0.15) is 0 Å². The molecule has 2 nitrogen and oxygen atoms in total. The van der Waals surface area contributed by atoms with Gasteiger partial charge in [0, 0.05) is 5.02 Å². The molecule has 0 bridgehead atoms. The van der Waals surface area contributed by atoms with E-state index in [0.29, 0.717) is 10.6 Å². The maximum Gasteiger partial charge on any atom is 0.181 e. The van der Waals surface area contributed by atoms with Gasteiger partial charge in [-0.25, -0.2) is 12.8 Å². The van der Waals surface area contributed by atoms with Gasteiger partial charge in [0.15, 0.2) is 15.5 Å². The van der Waals surface area contributed by atoms with E-state index in [1.165, 1.54) is 24.3 Å². The van der Waals surface area contributed by atoms with Crippen molar-refractivity contribution in [3.05, 3.63) is 65.2 Å². The van der Waals surface area contributed by atoms with E-state index >= 15 is 4.39 Å². The molecule has 0 N–H and O–H groups in total. The summed E-state index contributed by atoms with van der Waals surface area (Å²) in [4.78, 5) is 0.114. The highest BCUT2D eigenvalue weighted by Gasteiger charge is 2.45. The lowest BCUT2D eigenvalue weighted by atomic mass is 9.83. The average molecular weight is 367 g/mol. The van der Waals surface area contributed by atoms with Crippen LogP contribution in [0.5, 0.6) is 0 Å². The third kappa shape index (κ3) is 3.50. The summed E-state index contributed by atoms with van der Waals surface area (Å²) in [5.41, 5.74) is -1.41. The van der Waals surface area contributed by atoms with E-state index in [0.717, 1.165) is 25.7 Å². The quantitative estimate of drug-likeness (QED) is 0.731. The molecular weight excluding hydrogens is 347 g/mol. The summed E-state index contributed by atoms with van der Waals surface area (Å²) in [6.07, 6.45) is 3.34. The van der Waals surface area contributed by atoms with Crippen molar-refractivity contribution in [1.29, 1.82) is 0 Å². The van der Waals surface area contributed by atoms with Gasteiger partial charge in [0.05, 0.1) is 10.6 Å². The minimum Gasteiger partial charge on any atom is -0.237 e. The second-order valence-corrected chi connectivity index (χ2v) is 8.85. The fraction of sp³-hybridized carbons (Fsp3) is 0.368. The standard InChI is InChI=1S/C19H20ClFO2S/c20-17-10-12-18(13-11-17)24(22,23)14-19(21,16-8-4-5-9-16)15-6-2-1-3-7-15/h1-3,6-7,10-13,16H,4-5,8-9,14H2. The van der Waals surface area contributed by atoms with Crippen molar-refractivity contribution < 1.29 is 12.8 Å². The van der Waals surface area contributed by atoms with Crippen LogP contribution in [0.1, 0.15) is 31.2 Å². The number of sulfone groups is 1. The van der Waals surface area contributed by atoms with Crippen molar-refractivity contribution in [2.45, 2.75) is 36.2 Å². The first-order chi connectivity index (χ1) is 11.4. The van der Waals surface area contributed by atoms with Gasteiger partial charge in [-0.2, -0.15) is 0 Å². The Balaban J connectivity index is 1.99. The van der Waals surface area contributed by atoms with Crippen LogP contribution in [0.2, 0.25) is 5.02 Å². The third-order valence-electron chi connectivity index (χ3n) is 4.83. The second kappa shape index (κ2) is 6.85. The van der Waals surface area contributed by atoms with Crippen LogP contribution in [0.15, 0.2) is 59.5 Å². The average Bonchev–Trinajstić information content (AvgIpc) is 3.11. The fourth-order valence-electron chi connectivity index (χ4n) is 3.54. The number of benzene rings is 2. The highest BCUT2D eigenvalue weighted by Crippen LogP contribution is 2.45. The van der Waals surface area contributed by atoms with Gasteiger partial charge in [-0.15, -0.1) is 0 Å². The molecule has 0 spiro atoms. The van der Waals surface area contributed by atoms with Gasteiger partial charge in [0.25, 0.3) is 0 Å². The Bertz CT molecular complexity index is 784. The SMILES string of the molecule is O=S(=O)(CC(F)(c1ccccc1)C1CCCC1)c1ccc(Cl)cc1. The highest BCUT2D eigenvalue weighted by atomic mass is 35.5. The van der Waals surface area contributed by atoms with Gasteiger partial charge >= 0.3 is 0 Å². The Morgan fingerprint density at radius 2 is 1.58 bits per heavy atom. The third-order valence-corrected chi connectivity index (χ3v) is 6.87. The van der Waals surface area contributed by atoms with E-state index in [4.69, 9.17) is 11.6 Å². The van der Waals surface area contributed by atoms with Gasteiger partial charge in [0.2, 0.25) is 0 Å². The lowest BCUT2D eigenvalue weighted by Gasteiger charge is -2.31. The highest BCUT2D eigenvalue weighted by molar-refractivity contribution is 7.91. The molecule has 0 saturated heterocycles. The molecule has 2 aromatic carbocycles. The number of alkyl halides is 1. The van der Waals surface area contributed by atoms with E-state index in [-0.39, 0.29) is 10.8 Å². The molecule has 1 aliphatic rings. The van der Waals surface area contributed by atoms with Gasteiger partial charge in [-0.05, 0) is 48.6 Å². The molecule has 24 heavy (non-hydrogen) atoms. The number of hydrogen-bond acceptors (Lipinski definition) is 2. The van der Waals surface area contributed by atoms with Gasteiger partial charge in [-0.1, -0.05) is 54.8 Å². The van der Waals surface area contributed by atoms with Crippen molar-refractivity contribution in [2.75, 3.05) is 5.75 Å². The first kappa shape index (κ1) is 17.4. The molecule has 0 aromatic heterocycles. The normalized spacial score (nSPS) is 18.4. The van der Waals surface area contributed by atoms with Crippen LogP contribution >= 0.6 is 11.6 Å². The number of rotatable bonds is 5. The zero-order valence-corrected chi connectivity index (χ0v) is 14.9. The van der Waals surface area contributed by atoms with E-state index in [1.807, 2.05) is 6.07 Å². The minimum atomic E-state index is -3.75. The molecule has 1 fully saturated rings. The van der Waals surface area contributed by atoms with E-state index < -0.39 is 21.3 Å². The smallest absolute Gasteiger partial charge is 0.181 e. The number of hydrogen-bond donors (Lipinski definition) is 0. The van der Waals surface area contributed by atoms with Crippen LogP contribution in [-0.4, -0.2) is 14.2 Å². The molecule has 3 rings (SSSR count). The molecule has 128 valence electrons. The molecule has 1 unspecified atom stereocenters. The van der Waals surface area contributed by atoms with Crippen molar-refractivity contribution in [1.82, 2.24) is 0 Å². The molecule has 1 aliphatic carbocycles. The minimum absolute atomic E-state index is 0.114. The van der Waals surface area contributed by atoms with Crippen molar-refractivity contribution in [2.24, 2.45) is 5.92 Å². The predicted molar refractivity (Wildman–Crippen MR) is 94.7 cm³/mol. The van der Waals surface area contributed by atoms with Crippen molar-refractivity contribution >= 4 is 21.4 Å². The molecule has 1 atom stereocenters. The fourth-order valence-corrected chi connectivity index (χ4v) is 5.34. The van der Waals surface area contributed by atoms with E-state index in [9.17, 15) is 8.42 Å². The Morgan fingerprint density at radius 1 is 1.00 bits per heavy atom. The van der Waals surface area contributed by atoms with Gasteiger partial charge < -0.3 is 0 Å². The summed E-state index contributed by atoms with van der Waals surface area (Å²) in [6, 6.07) is 14.6. The Labute approximate surface area is 147 Å². The summed E-state index contributed by atoms with van der Waals surface area (Å²) in [6.45, 7) is 0. The largest absolute Gasteiger partial charge is 0.237 e. The van der Waals surface area contributed by atoms with E-state index in [2.05, 4.69) is 0 Å². The van der Waals surface area contributed by atoms with Crippen LogP contribution in [0, 0.1) is 5.92 Å². The topological polar surface area (TPSA) is 34.1 Å². The molecule has 0 aliphatic heterocycles. The lowest BCUT2D eigenvalue weighted by molar-refractivity contribution is 0.107. The van der Waals surface area contributed by atoms with Crippen LogP contribution in [-0.2, 0) is 15.5 Å². The summed E-state index contributed by atoms with van der Waals surface area (Å²) >= 11 is 5.83. The Morgan fingerprint density at radius 3 is 2.17 bits per heavy atom. The van der Waals surface area contributed by atoms with Crippen molar-refractivity contribution in [3.8, 4) is 0 Å². The maximum atomic E-state index is 16.1. The second-order valence-electron chi connectivity index (χ2n) is 6.42. The van der Waals surface area contributed by atoms with Crippen LogP contribution in [0.25, 0.3) is 0 Å². The molecule has 5 heteroatoms. The molecule has 0 heterocycles. The van der Waals surface area contributed by atoms with Crippen LogP contribution in [0.3, 0.4) is 0 Å². The lowest BCUT2D eigenvalue weighted by Crippen LogP contribution is -2.36. The van der Waals surface area contributed by atoms with E-state index in [1.54, 1.807) is 24.3 Å². The zero-order chi connectivity index (χ0) is 17.2. The predicted octanol–water partition coefficient (Wildman–Crippen LogP) is 5.17. The zero-order valence-electron chi connectivity index (χ0n) is 13.3. The number of halogens is 2. The summed E-state index contributed by atoms with van der Waals surface area (Å²) in [5, 5.41) is 0.458. The summed E-state index contributed by atoms with van der Waals surface area (Å²) in [7, 11) is -3.75. The first-order valence-corrected chi connectivity index (χ1v) is 10.2. The Hall–Kier alpha value is -1.39. The molecule has 0 radical (unpaired) electrons. The maximum absolute atomic E-state index is 16.1. The first-order valence-electron chi connectivity index (χ1n) is 8.14. The summed E-state index contributed by atoms with van der Waals surface area (Å²) in [5.74, 6) is -0.793. The summed E-state index contributed by atoms with van der Waals surface area (Å²) < 4.78 is 41.7. The molecule has 2 aromatic rings. The molecule has 0 amide bonds. The monoisotopic (exact) mass is 366 g/mol. The van der Waals surface area contributed by atoms with Crippen molar-refractivity contribution in [3.63, 3.8) is 0 Å². The van der Waals surface area contributed by atoms with Crippen LogP contribution < -0.4 is 0 Å². The molecular formula is C19H20ClFO2S.